The first-order valence-corrected chi connectivity index (χ1v) is 19.8. The van der Waals surface area contributed by atoms with Crippen LogP contribution in [0.4, 0.5) is 17.1 Å². The average molecular weight is 730 g/mol. The Kier molecular flexibility index (Phi) is 7.55. The van der Waals surface area contributed by atoms with Crippen LogP contribution in [0.2, 0.25) is 0 Å². The van der Waals surface area contributed by atoms with Crippen LogP contribution in [0.3, 0.4) is 0 Å². The van der Waals surface area contributed by atoms with E-state index in [-0.39, 0.29) is 5.41 Å². The fourth-order valence-corrected chi connectivity index (χ4v) is 9.37. The quantitative estimate of drug-likeness (QED) is 0.169. The first-order chi connectivity index (χ1) is 28.0. The summed E-state index contributed by atoms with van der Waals surface area (Å²) in [4.78, 5) is 2.37. The van der Waals surface area contributed by atoms with Gasteiger partial charge in [0.2, 0.25) is 0 Å². The second kappa shape index (κ2) is 13.0. The normalized spacial score (nSPS) is 12.9. The highest BCUT2D eigenvalue weighted by Crippen LogP contribution is 2.52. The number of anilines is 3. The molecule has 0 N–H and O–H groups in total. The van der Waals surface area contributed by atoms with E-state index in [1.807, 2.05) is 0 Å². The highest BCUT2D eigenvalue weighted by molar-refractivity contribution is 6.19. The highest BCUT2D eigenvalue weighted by atomic mass is 16.3. The van der Waals surface area contributed by atoms with Crippen LogP contribution in [0.1, 0.15) is 25.0 Å². The summed E-state index contributed by atoms with van der Waals surface area (Å²) in [7, 11) is 0. The van der Waals surface area contributed by atoms with Crippen molar-refractivity contribution < 1.29 is 4.42 Å². The predicted molar refractivity (Wildman–Crippen MR) is 240 cm³/mol. The summed E-state index contributed by atoms with van der Waals surface area (Å²) in [5.74, 6) is 0. The van der Waals surface area contributed by atoms with Crippen LogP contribution in [-0.4, -0.2) is 0 Å². The number of furan rings is 1. The number of benzene rings is 9. The Hall–Kier alpha value is -7.16. The van der Waals surface area contributed by atoms with Gasteiger partial charge in [0, 0.05) is 38.6 Å². The zero-order valence-electron chi connectivity index (χ0n) is 31.9. The summed E-state index contributed by atoms with van der Waals surface area (Å²) in [6, 6.07) is 72.5. The summed E-state index contributed by atoms with van der Waals surface area (Å²) < 4.78 is 6.54. The van der Waals surface area contributed by atoms with Gasteiger partial charge >= 0.3 is 0 Å². The standard InChI is InChI=1S/C55H39NO/c1-55(2)50-23-9-8-19-47(50)48-22-11-21-45(53(48)55)39-27-32-42(33-28-39)56(43-17-10-16-40(35-43)36-13-4-3-5-14-36)41-30-25-38(26-31-41)44-20-12-24-51-52(44)49-34-29-37-15-6-7-18-46(37)54(49)57-51/h3-35H,1-2H3. The Morgan fingerprint density at radius 3 is 1.82 bits per heavy atom. The van der Waals surface area contributed by atoms with Crippen molar-refractivity contribution in [2.24, 2.45) is 0 Å². The molecule has 9 aromatic carbocycles. The molecule has 1 aliphatic rings. The van der Waals surface area contributed by atoms with Gasteiger partial charge in [-0.05, 0) is 110 Å². The molecule has 1 aliphatic carbocycles. The molecule has 11 rings (SSSR count). The molecule has 0 atom stereocenters. The lowest BCUT2D eigenvalue weighted by Gasteiger charge is -2.27. The van der Waals surface area contributed by atoms with E-state index in [1.165, 1.54) is 49.9 Å². The molecule has 0 saturated heterocycles. The summed E-state index contributed by atoms with van der Waals surface area (Å²) in [5.41, 5.74) is 17.7. The summed E-state index contributed by atoms with van der Waals surface area (Å²) >= 11 is 0. The average Bonchev–Trinajstić information content (AvgIpc) is 3.77. The second-order valence-corrected chi connectivity index (χ2v) is 15.7. The minimum atomic E-state index is -0.0896. The molecular weight excluding hydrogens is 691 g/mol. The summed E-state index contributed by atoms with van der Waals surface area (Å²) in [6.07, 6.45) is 0. The molecule has 0 unspecified atom stereocenters. The maximum atomic E-state index is 6.54. The van der Waals surface area contributed by atoms with Crippen LogP contribution in [0.25, 0.3) is 77.2 Å². The minimum absolute atomic E-state index is 0.0896. The van der Waals surface area contributed by atoms with Crippen LogP contribution in [0.15, 0.2) is 205 Å². The van der Waals surface area contributed by atoms with Crippen molar-refractivity contribution in [2.45, 2.75) is 19.3 Å². The Bertz CT molecular complexity index is 3130. The maximum Gasteiger partial charge on any atom is 0.143 e. The number of hydrogen-bond donors (Lipinski definition) is 0. The topological polar surface area (TPSA) is 16.4 Å². The molecule has 1 aromatic heterocycles. The van der Waals surface area contributed by atoms with E-state index in [1.54, 1.807) is 0 Å². The van der Waals surface area contributed by atoms with Gasteiger partial charge in [0.25, 0.3) is 0 Å². The molecule has 270 valence electrons. The molecule has 1 heterocycles. The van der Waals surface area contributed by atoms with Gasteiger partial charge < -0.3 is 9.32 Å². The van der Waals surface area contributed by atoms with E-state index < -0.39 is 0 Å². The molecule has 57 heavy (non-hydrogen) atoms. The maximum absolute atomic E-state index is 6.54. The van der Waals surface area contributed by atoms with Crippen molar-refractivity contribution in [1.82, 2.24) is 0 Å². The van der Waals surface area contributed by atoms with E-state index in [0.717, 1.165) is 55.5 Å². The first-order valence-electron chi connectivity index (χ1n) is 19.8. The number of rotatable bonds is 6. The van der Waals surface area contributed by atoms with Crippen LogP contribution in [-0.2, 0) is 5.41 Å². The lowest BCUT2D eigenvalue weighted by Crippen LogP contribution is -2.16. The second-order valence-electron chi connectivity index (χ2n) is 15.7. The van der Waals surface area contributed by atoms with E-state index in [4.69, 9.17) is 4.42 Å². The number of nitrogens with zero attached hydrogens (tertiary/aromatic N) is 1. The van der Waals surface area contributed by atoms with Crippen molar-refractivity contribution in [2.75, 3.05) is 4.90 Å². The van der Waals surface area contributed by atoms with Gasteiger partial charge in [0.15, 0.2) is 0 Å². The van der Waals surface area contributed by atoms with Gasteiger partial charge in [0.1, 0.15) is 11.2 Å². The smallest absolute Gasteiger partial charge is 0.143 e. The predicted octanol–water partition coefficient (Wildman–Crippen LogP) is 15.5. The zero-order valence-corrected chi connectivity index (χ0v) is 31.9. The van der Waals surface area contributed by atoms with Gasteiger partial charge in [-0.25, -0.2) is 0 Å². The van der Waals surface area contributed by atoms with Crippen molar-refractivity contribution in [1.29, 1.82) is 0 Å². The van der Waals surface area contributed by atoms with Crippen molar-refractivity contribution in [3.8, 4) is 44.5 Å². The number of hydrogen-bond acceptors (Lipinski definition) is 2. The van der Waals surface area contributed by atoms with Crippen LogP contribution >= 0.6 is 0 Å². The van der Waals surface area contributed by atoms with Gasteiger partial charge in [0.05, 0.1) is 0 Å². The van der Waals surface area contributed by atoms with Gasteiger partial charge in [-0.2, -0.15) is 0 Å². The van der Waals surface area contributed by atoms with Gasteiger partial charge in [-0.3, -0.25) is 0 Å². The van der Waals surface area contributed by atoms with Gasteiger partial charge in [-0.15, -0.1) is 0 Å². The van der Waals surface area contributed by atoms with E-state index in [9.17, 15) is 0 Å². The molecular formula is C55H39NO. The van der Waals surface area contributed by atoms with Crippen molar-refractivity contribution in [3.63, 3.8) is 0 Å². The molecule has 0 fully saturated rings. The molecule has 0 amide bonds. The Labute approximate surface area is 332 Å². The lowest BCUT2D eigenvalue weighted by molar-refractivity contribution is 0.662. The summed E-state index contributed by atoms with van der Waals surface area (Å²) in [5, 5.41) is 4.60. The Morgan fingerprint density at radius 1 is 0.404 bits per heavy atom. The van der Waals surface area contributed by atoms with E-state index in [0.29, 0.717) is 0 Å². The third kappa shape index (κ3) is 5.33. The monoisotopic (exact) mass is 729 g/mol. The fourth-order valence-electron chi connectivity index (χ4n) is 9.37. The molecule has 2 nitrogen and oxygen atoms in total. The first kappa shape index (κ1) is 33.2. The molecule has 2 heteroatoms. The van der Waals surface area contributed by atoms with Crippen LogP contribution in [0, 0.1) is 0 Å². The molecule has 0 saturated carbocycles. The highest BCUT2D eigenvalue weighted by Gasteiger charge is 2.37. The largest absolute Gasteiger partial charge is 0.455 e. The van der Waals surface area contributed by atoms with Crippen molar-refractivity contribution >= 4 is 49.8 Å². The van der Waals surface area contributed by atoms with Crippen LogP contribution in [0.5, 0.6) is 0 Å². The minimum Gasteiger partial charge on any atom is -0.455 e. The molecule has 0 radical (unpaired) electrons. The lowest BCUT2D eigenvalue weighted by atomic mass is 9.79. The molecule has 0 bridgehead atoms. The van der Waals surface area contributed by atoms with Crippen LogP contribution < -0.4 is 4.90 Å². The zero-order chi connectivity index (χ0) is 38.1. The third-order valence-electron chi connectivity index (χ3n) is 12.1. The summed E-state index contributed by atoms with van der Waals surface area (Å²) in [6.45, 7) is 4.72. The Morgan fingerprint density at radius 2 is 1.02 bits per heavy atom. The Balaban J connectivity index is 1.02. The molecule has 0 aliphatic heterocycles. The fraction of sp³-hybridized carbons (Fsp3) is 0.0545. The van der Waals surface area contributed by atoms with Gasteiger partial charge in [-0.1, -0.05) is 166 Å². The van der Waals surface area contributed by atoms with Crippen molar-refractivity contribution in [3.05, 3.63) is 211 Å². The SMILES string of the molecule is CC1(C)c2ccccc2-c2cccc(-c3ccc(N(c4ccc(-c5cccc6oc7c8ccccc8ccc7c56)cc4)c4cccc(-c5ccccc5)c4)cc3)c21. The van der Waals surface area contributed by atoms with E-state index in [2.05, 4.69) is 219 Å². The third-order valence-corrected chi connectivity index (χ3v) is 12.1. The molecule has 0 spiro atoms. The number of fused-ring (bicyclic) bond motifs is 8. The molecule has 10 aromatic rings. The van der Waals surface area contributed by atoms with E-state index >= 15 is 0 Å².